The molecule has 0 amide bonds. The fourth-order valence-electron chi connectivity index (χ4n) is 3.97. The molecule has 7 nitrogen and oxygen atoms in total. The van der Waals surface area contributed by atoms with E-state index in [2.05, 4.69) is 40.0 Å². The molecule has 2 aliphatic heterocycles. The lowest BCUT2D eigenvalue weighted by molar-refractivity contribution is 0.143. The molecule has 1 unspecified atom stereocenters. The first kappa shape index (κ1) is 22.5. The van der Waals surface area contributed by atoms with Crippen LogP contribution in [-0.4, -0.2) is 75.1 Å². The monoisotopic (exact) mass is 441 g/mol. The summed E-state index contributed by atoms with van der Waals surface area (Å²) in [6.45, 7) is 9.79. The second-order valence-corrected chi connectivity index (χ2v) is 11.0. The van der Waals surface area contributed by atoms with Gasteiger partial charge in [0.15, 0.2) is 5.96 Å². The average Bonchev–Trinajstić information content (AvgIpc) is 3.33. The van der Waals surface area contributed by atoms with Gasteiger partial charge < -0.3 is 10.6 Å². The summed E-state index contributed by atoms with van der Waals surface area (Å²) in [5.74, 6) is 1.84. The van der Waals surface area contributed by atoms with Gasteiger partial charge in [0.05, 0.1) is 18.3 Å². The van der Waals surface area contributed by atoms with Crippen LogP contribution >= 0.6 is 11.3 Å². The number of nitrogens with zero attached hydrogens (tertiary/aromatic N) is 3. The Morgan fingerprint density at radius 2 is 2.10 bits per heavy atom. The zero-order valence-corrected chi connectivity index (χ0v) is 19.3. The zero-order valence-electron chi connectivity index (χ0n) is 17.6. The van der Waals surface area contributed by atoms with Crippen LogP contribution in [0.1, 0.15) is 44.0 Å². The molecule has 0 aromatic carbocycles. The Balaban J connectivity index is 1.60. The molecular weight excluding hydrogens is 406 g/mol. The molecule has 2 N–H and O–H groups in total. The Kier molecular flexibility index (Phi) is 8.35. The van der Waals surface area contributed by atoms with Gasteiger partial charge in [0.1, 0.15) is 0 Å². The number of hydrogen-bond acceptors (Lipinski definition) is 5. The number of piperidine rings is 1. The molecule has 2 aliphatic rings. The van der Waals surface area contributed by atoms with Crippen molar-refractivity contribution in [2.24, 2.45) is 10.9 Å². The van der Waals surface area contributed by atoms with Crippen molar-refractivity contribution >= 4 is 27.3 Å². The van der Waals surface area contributed by atoms with E-state index in [1.807, 2.05) is 6.92 Å². The quantitative estimate of drug-likeness (QED) is 0.477. The summed E-state index contributed by atoms with van der Waals surface area (Å²) in [4.78, 5) is 8.78. The van der Waals surface area contributed by atoms with Crippen LogP contribution in [0.5, 0.6) is 0 Å². The zero-order chi connectivity index (χ0) is 20.7. The first-order valence-corrected chi connectivity index (χ1v) is 13.3. The molecule has 164 valence electrons. The van der Waals surface area contributed by atoms with Crippen LogP contribution in [0.15, 0.2) is 22.5 Å². The number of likely N-dealkylation sites (tertiary alicyclic amines) is 1. The van der Waals surface area contributed by atoms with Crippen LogP contribution in [0, 0.1) is 5.92 Å². The van der Waals surface area contributed by atoms with Gasteiger partial charge >= 0.3 is 0 Å². The second kappa shape index (κ2) is 10.7. The fourth-order valence-corrected chi connectivity index (χ4v) is 6.35. The summed E-state index contributed by atoms with van der Waals surface area (Å²) in [5.41, 5.74) is 0. The van der Waals surface area contributed by atoms with Crippen molar-refractivity contribution in [3.63, 3.8) is 0 Å². The van der Waals surface area contributed by atoms with E-state index in [4.69, 9.17) is 4.99 Å². The molecule has 2 fully saturated rings. The minimum atomic E-state index is -3.04. The molecular formula is C20H35N5O2S2. The van der Waals surface area contributed by atoms with Crippen LogP contribution in [0.2, 0.25) is 0 Å². The van der Waals surface area contributed by atoms with Gasteiger partial charge in [-0.1, -0.05) is 13.0 Å². The molecule has 0 radical (unpaired) electrons. The minimum Gasteiger partial charge on any atom is -0.357 e. The van der Waals surface area contributed by atoms with Gasteiger partial charge in [0.25, 0.3) is 0 Å². The van der Waals surface area contributed by atoms with Crippen molar-refractivity contribution in [1.82, 2.24) is 19.8 Å². The van der Waals surface area contributed by atoms with Crippen molar-refractivity contribution in [3.05, 3.63) is 22.4 Å². The molecule has 0 aliphatic carbocycles. The SMILES string of the molecule is CCNC(=NCC(c1cccs1)N1CCC(C)CC1)NCCN1CCCS1(=O)=O. The molecule has 3 rings (SSSR count). The van der Waals surface area contributed by atoms with Crippen LogP contribution in [0.3, 0.4) is 0 Å². The van der Waals surface area contributed by atoms with E-state index < -0.39 is 10.0 Å². The third kappa shape index (κ3) is 6.41. The molecule has 1 aromatic rings. The second-order valence-electron chi connectivity index (χ2n) is 7.96. The lowest BCUT2D eigenvalue weighted by Crippen LogP contribution is -2.43. The first-order chi connectivity index (χ1) is 14.0. The normalized spacial score (nSPS) is 22.6. The molecule has 9 heteroatoms. The topological polar surface area (TPSA) is 77.0 Å². The highest BCUT2D eigenvalue weighted by Crippen LogP contribution is 2.29. The van der Waals surface area contributed by atoms with E-state index >= 15 is 0 Å². The highest BCUT2D eigenvalue weighted by atomic mass is 32.2. The number of guanidine groups is 1. The van der Waals surface area contributed by atoms with Crippen molar-refractivity contribution in [2.75, 3.05) is 51.6 Å². The Hall–Kier alpha value is -1.16. The lowest BCUT2D eigenvalue weighted by Gasteiger charge is -2.35. The number of nitrogens with one attached hydrogen (secondary N) is 2. The molecule has 2 saturated heterocycles. The summed E-state index contributed by atoms with van der Waals surface area (Å²) in [5, 5.41) is 8.75. The number of thiophene rings is 1. The van der Waals surface area contributed by atoms with E-state index in [9.17, 15) is 8.42 Å². The van der Waals surface area contributed by atoms with Gasteiger partial charge in [-0.25, -0.2) is 12.7 Å². The minimum absolute atomic E-state index is 0.276. The van der Waals surface area contributed by atoms with Gasteiger partial charge in [0, 0.05) is 31.1 Å². The van der Waals surface area contributed by atoms with Gasteiger partial charge in [-0.05, 0) is 56.6 Å². The molecule has 1 atom stereocenters. The van der Waals surface area contributed by atoms with Crippen molar-refractivity contribution < 1.29 is 8.42 Å². The maximum atomic E-state index is 12.0. The van der Waals surface area contributed by atoms with Crippen molar-refractivity contribution in [2.45, 2.75) is 39.2 Å². The van der Waals surface area contributed by atoms with Crippen LogP contribution < -0.4 is 10.6 Å². The van der Waals surface area contributed by atoms with Gasteiger partial charge in [0.2, 0.25) is 10.0 Å². The largest absolute Gasteiger partial charge is 0.357 e. The standard InChI is InChI=1S/C20H35N5O2S2/c1-3-21-20(22-9-13-25-10-5-15-29(25,26)27)23-16-18(19-6-4-14-28-19)24-11-7-17(2)8-12-24/h4,6,14,17-18H,3,5,7-13,15-16H2,1-2H3,(H2,21,22,23). The van der Waals surface area contributed by atoms with E-state index in [1.54, 1.807) is 15.6 Å². The number of hydrogen-bond donors (Lipinski definition) is 2. The van der Waals surface area contributed by atoms with E-state index in [1.165, 1.54) is 17.7 Å². The fraction of sp³-hybridized carbons (Fsp3) is 0.750. The maximum Gasteiger partial charge on any atom is 0.214 e. The Bertz CT molecular complexity index is 743. The maximum absolute atomic E-state index is 12.0. The summed E-state index contributed by atoms with van der Waals surface area (Å²) in [6.07, 6.45) is 3.22. The predicted molar refractivity (Wildman–Crippen MR) is 121 cm³/mol. The lowest BCUT2D eigenvalue weighted by atomic mass is 9.97. The Morgan fingerprint density at radius 1 is 1.31 bits per heavy atom. The highest BCUT2D eigenvalue weighted by Gasteiger charge is 2.28. The molecule has 3 heterocycles. The predicted octanol–water partition coefficient (Wildman–Crippen LogP) is 2.11. The van der Waals surface area contributed by atoms with Crippen LogP contribution in [-0.2, 0) is 10.0 Å². The summed E-state index contributed by atoms with van der Waals surface area (Å²) < 4.78 is 25.5. The number of aliphatic imine (C=N–C) groups is 1. The molecule has 0 bridgehead atoms. The van der Waals surface area contributed by atoms with Crippen LogP contribution in [0.25, 0.3) is 0 Å². The van der Waals surface area contributed by atoms with Crippen molar-refractivity contribution in [1.29, 1.82) is 0 Å². The smallest absolute Gasteiger partial charge is 0.214 e. The average molecular weight is 442 g/mol. The Labute approximate surface area is 179 Å². The number of rotatable bonds is 8. The molecule has 29 heavy (non-hydrogen) atoms. The van der Waals surface area contributed by atoms with Crippen LogP contribution in [0.4, 0.5) is 0 Å². The van der Waals surface area contributed by atoms with Gasteiger partial charge in [-0.15, -0.1) is 11.3 Å². The van der Waals surface area contributed by atoms with E-state index in [-0.39, 0.29) is 5.75 Å². The van der Waals surface area contributed by atoms with E-state index in [0.29, 0.717) is 32.2 Å². The highest BCUT2D eigenvalue weighted by molar-refractivity contribution is 7.89. The first-order valence-electron chi connectivity index (χ1n) is 10.8. The molecule has 1 aromatic heterocycles. The molecule has 0 spiro atoms. The van der Waals surface area contributed by atoms with Gasteiger partial charge in [-0.3, -0.25) is 9.89 Å². The van der Waals surface area contributed by atoms with E-state index in [0.717, 1.165) is 37.9 Å². The Morgan fingerprint density at radius 3 is 2.72 bits per heavy atom. The van der Waals surface area contributed by atoms with Crippen molar-refractivity contribution in [3.8, 4) is 0 Å². The molecule has 0 saturated carbocycles. The summed E-state index contributed by atoms with van der Waals surface area (Å²) >= 11 is 1.80. The number of sulfonamides is 1. The summed E-state index contributed by atoms with van der Waals surface area (Å²) in [6, 6.07) is 4.63. The third-order valence-electron chi connectivity index (χ3n) is 5.75. The third-order valence-corrected chi connectivity index (χ3v) is 8.68. The van der Waals surface area contributed by atoms with Gasteiger partial charge in [-0.2, -0.15) is 0 Å². The summed E-state index contributed by atoms with van der Waals surface area (Å²) in [7, 11) is -3.04.